The number of anilines is 2. The number of rotatable bonds is 3. The van der Waals surface area contributed by atoms with Crippen molar-refractivity contribution in [3.63, 3.8) is 0 Å². The Morgan fingerprint density at radius 2 is 1.52 bits per heavy atom. The fraction of sp³-hybridized carbons (Fsp3) is 0.294. The molecule has 0 heterocycles. The van der Waals surface area contributed by atoms with Gasteiger partial charge in [0.25, 0.3) is 0 Å². The van der Waals surface area contributed by atoms with Gasteiger partial charge in [-0.15, -0.1) is 0 Å². The van der Waals surface area contributed by atoms with Crippen LogP contribution in [0.5, 0.6) is 0 Å². The minimum absolute atomic E-state index is 0.142. The first-order chi connectivity index (χ1) is 9.79. The lowest BCUT2D eigenvalue weighted by Gasteiger charge is -2.29. The van der Waals surface area contributed by atoms with Crippen LogP contribution >= 0.6 is 0 Å². The minimum atomic E-state index is -4.30. The molecule has 0 fully saturated rings. The maximum atomic E-state index is 12.6. The Labute approximate surface area is 123 Å². The first-order valence-electron chi connectivity index (χ1n) is 6.82. The Hall–Kier alpha value is -1.97. The predicted molar refractivity (Wildman–Crippen MR) is 79.9 cm³/mol. The maximum Gasteiger partial charge on any atom is 0.416 e. The van der Waals surface area contributed by atoms with Gasteiger partial charge in [-0.3, -0.25) is 0 Å². The number of benzene rings is 2. The maximum absolute atomic E-state index is 12.6. The standard InChI is InChI=1S/C17H18F3N/c1-12(2)21(16-6-4-5-13(3)11-16)15-9-7-14(8-10-15)17(18,19)20/h4-12H,1-3H3. The van der Waals surface area contributed by atoms with Crippen LogP contribution in [0.3, 0.4) is 0 Å². The Balaban J connectivity index is 2.40. The van der Waals surface area contributed by atoms with E-state index in [1.54, 1.807) is 0 Å². The molecule has 2 aromatic carbocycles. The molecular formula is C17H18F3N. The quantitative estimate of drug-likeness (QED) is 0.716. The van der Waals surface area contributed by atoms with Crippen molar-refractivity contribution >= 4 is 11.4 Å². The zero-order valence-electron chi connectivity index (χ0n) is 12.3. The van der Waals surface area contributed by atoms with Crippen molar-refractivity contribution in [1.82, 2.24) is 0 Å². The molecule has 0 radical (unpaired) electrons. The highest BCUT2D eigenvalue weighted by Gasteiger charge is 2.30. The number of halogens is 3. The van der Waals surface area contributed by atoms with E-state index >= 15 is 0 Å². The molecule has 0 N–H and O–H groups in total. The normalized spacial score (nSPS) is 11.8. The van der Waals surface area contributed by atoms with Gasteiger partial charge in [-0.25, -0.2) is 0 Å². The molecule has 21 heavy (non-hydrogen) atoms. The number of hydrogen-bond acceptors (Lipinski definition) is 1. The lowest BCUT2D eigenvalue weighted by Crippen LogP contribution is -2.25. The van der Waals surface area contributed by atoms with Gasteiger partial charge < -0.3 is 4.90 Å². The SMILES string of the molecule is Cc1cccc(N(c2ccc(C(F)(F)F)cc2)C(C)C)c1. The number of hydrogen-bond donors (Lipinski definition) is 0. The van der Waals surface area contributed by atoms with E-state index in [0.29, 0.717) is 0 Å². The van der Waals surface area contributed by atoms with E-state index in [0.717, 1.165) is 29.1 Å². The summed E-state index contributed by atoms with van der Waals surface area (Å²) in [6.07, 6.45) is -4.30. The van der Waals surface area contributed by atoms with Gasteiger partial charge >= 0.3 is 6.18 Å². The van der Waals surface area contributed by atoms with Gasteiger partial charge in [-0.1, -0.05) is 12.1 Å². The Morgan fingerprint density at radius 1 is 0.905 bits per heavy atom. The van der Waals surface area contributed by atoms with Crippen LogP contribution in [-0.4, -0.2) is 6.04 Å². The summed E-state index contributed by atoms with van der Waals surface area (Å²) in [5, 5.41) is 0. The fourth-order valence-corrected chi connectivity index (χ4v) is 2.33. The summed E-state index contributed by atoms with van der Waals surface area (Å²) >= 11 is 0. The minimum Gasteiger partial charge on any atom is -0.339 e. The third kappa shape index (κ3) is 3.57. The second kappa shape index (κ2) is 5.80. The van der Waals surface area contributed by atoms with Crippen molar-refractivity contribution in [2.75, 3.05) is 4.90 Å². The van der Waals surface area contributed by atoms with Gasteiger partial charge in [0.1, 0.15) is 0 Å². The lowest BCUT2D eigenvalue weighted by molar-refractivity contribution is -0.137. The summed E-state index contributed by atoms with van der Waals surface area (Å²) in [4.78, 5) is 2.02. The van der Waals surface area contributed by atoms with Crippen molar-refractivity contribution in [3.8, 4) is 0 Å². The third-order valence-corrected chi connectivity index (χ3v) is 3.27. The van der Waals surface area contributed by atoms with Gasteiger partial charge in [0.05, 0.1) is 5.56 Å². The monoisotopic (exact) mass is 293 g/mol. The number of alkyl halides is 3. The van der Waals surface area contributed by atoms with Gasteiger partial charge in [0.15, 0.2) is 0 Å². The van der Waals surface area contributed by atoms with E-state index in [1.165, 1.54) is 12.1 Å². The highest BCUT2D eigenvalue weighted by molar-refractivity contribution is 5.64. The molecule has 2 rings (SSSR count). The van der Waals surface area contributed by atoms with Crippen LogP contribution in [0, 0.1) is 6.92 Å². The van der Waals surface area contributed by atoms with Crippen LogP contribution in [0.25, 0.3) is 0 Å². The van der Waals surface area contributed by atoms with E-state index in [2.05, 4.69) is 0 Å². The molecule has 0 aliphatic rings. The zero-order chi connectivity index (χ0) is 15.6. The molecule has 4 heteroatoms. The second-order valence-electron chi connectivity index (χ2n) is 5.35. The molecule has 2 aromatic rings. The summed E-state index contributed by atoms with van der Waals surface area (Å²) < 4.78 is 37.9. The molecule has 0 spiro atoms. The smallest absolute Gasteiger partial charge is 0.339 e. The van der Waals surface area contributed by atoms with Crippen molar-refractivity contribution in [3.05, 3.63) is 59.7 Å². The Morgan fingerprint density at radius 3 is 2.00 bits per heavy atom. The van der Waals surface area contributed by atoms with Gasteiger partial charge in [0.2, 0.25) is 0 Å². The molecule has 1 nitrogen and oxygen atoms in total. The molecule has 0 saturated heterocycles. The van der Waals surface area contributed by atoms with Crippen LogP contribution in [0.15, 0.2) is 48.5 Å². The van der Waals surface area contributed by atoms with Crippen molar-refractivity contribution in [2.45, 2.75) is 33.0 Å². The molecule has 0 saturated carbocycles. The highest BCUT2D eigenvalue weighted by atomic mass is 19.4. The van der Waals surface area contributed by atoms with Crippen LogP contribution in [0.2, 0.25) is 0 Å². The molecule has 0 atom stereocenters. The predicted octanol–water partition coefficient (Wildman–Crippen LogP) is 5.56. The largest absolute Gasteiger partial charge is 0.416 e. The van der Waals surface area contributed by atoms with Gasteiger partial charge in [-0.05, 0) is 62.7 Å². The molecule has 0 amide bonds. The van der Waals surface area contributed by atoms with E-state index in [9.17, 15) is 13.2 Å². The van der Waals surface area contributed by atoms with E-state index in [4.69, 9.17) is 0 Å². The summed E-state index contributed by atoms with van der Waals surface area (Å²) in [6, 6.07) is 13.4. The third-order valence-electron chi connectivity index (χ3n) is 3.27. The lowest BCUT2D eigenvalue weighted by atomic mass is 10.1. The van der Waals surface area contributed by atoms with Gasteiger partial charge in [-0.2, -0.15) is 13.2 Å². The van der Waals surface area contributed by atoms with Crippen LogP contribution in [0.4, 0.5) is 24.5 Å². The molecule has 0 aliphatic carbocycles. The topological polar surface area (TPSA) is 3.24 Å². The van der Waals surface area contributed by atoms with E-state index in [-0.39, 0.29) is 6.04 Å². The average Bonchev–Trinajstić information content (AvgIpc) is 2.38. The van der Waals surface area contributed by atoms with E-state index < -0.39 is 11.7 Å². The van der Waals surface area contributed by atoms with Crippen LogP contribution in [-0.2, 0) is 6.18 Å². The molecule has 112 valence electrons. The highest BCUT2D eigenvalue weighted by Crippen LogP contribution is 2.33. The number of aryl methyl sites for hydroxylation is 1. The summed E-state index contributed by atoms with van der Waals surface area (Å²) in [6.45, 7) is 6.02. The fourth-order valence-electron chi connectivity index (χ4n) is 2.33. The summed E-state index contributed by atoms with van der Waals surface area (Å²) in [5.41, 5.74) is 2.22. The van der Waals surface area contributed by atoms with E-state index in [1.807, 2.05) is 49.9 Å². The Bertz CT molecular complexity index is 600. The molecule has 0 bridgehead atoms. The Kier molecular flexibility index (Phi) is 4.26. The first kappa shape index (κ1) is 15.4. The second-order valence-corrected chi connectivity index (χ2v) is 5.35. The van der Waals surface area contributed by atoms with Gasteiger partial charge in [0, 0.05) is 17.4 Å². The number of nitrogens with zero attached hydrogens (tertiary/aromatic N) is 1. The van der Waals surface area contributed by atoms with Crippen molar-refractivity contribution in [1.29, 1.82) is 0 Å². The first-order valence-corrected chi connectivity index (χ1v) is 6.82. The van der Waals surface area contributed by atoms with Crippen molar-refractivity contribution < 1.29 is 13.2 Å². The summed E-state index contributed by atoms with van der Waals surface area (Å²) in [7, 11) is 0. The van der Waals surface area contributed by atoms with Crippen molar-refractivity contribution in [2.24, 2.45) is 0 Å². The van der Waals surface area contributed by atoms with Crippen LogP contribution < -0.4 is 4.90 Å². The molecule has 0 aromatic heterocycles. The molecule has 0 aliphatic heterocycles. The average molecular weight is 293 g/mol. The molecular weight excluding hydrogens is 275 g/mol. The summed E-state index contributed by atoms with van der Waals surface area (Å²) in [5.74, 6) is 0. The van der Waals surface area contributed by atoms with Crippen LogP contribution in [0.1, 0.15) is 25.0 Å². The molecule has 0 unspecified atom stereocenters. The zero-order valence-corrected chi connectivity index (χ0v) is 12.3.